The summed E-state index contributed by atoms with van der Waals surface area (Å²) in [5.41, 5.74) is 0.462. The van der Waals surface area contributed by atoms with Crippen molar-refractivity contribution in [1.82, 2.24) is 0 Å². The number of anilines is 1. The number of nitrogens with one attached hydrogen (secondary N) is 1. The van der Waals surface area contributed by atoms with Gasteiger partial charge in [0.25, 0.3) is 0 Å². The summed E-state index contributed by atoms with van der Waals surface area (Å²) in [6.07, 6.45) is 1.81. The molecule has 1 aromatic rings. The van der Waals surface area contributed by atoms with Crippen LogP contribution in [0.25, 0.3) is 0 Å². The van der Waals surface area contributed by atoms with Gasteiger partial charge >= 0.3 is 0 Å². The van der Waals surface area contributed by atoms with E-state index in [1.165, 1.54) is 12.1 Å². The average Bonchev–Trinajstić information content (AvgIpc) is 2.99. The number of hydrogen-bond donors (Lipinski definition) is 2. The average molecular weight is 240 g/mol. The zero-order valence-electron chi connectivity index (χ0n) is 8.51. The molecule has 0 spiro atoms. The van der Waals surface area contributed by atoms with Crippen molar-refractivity contribution < 1.29 is 13.2 Å². The molecule has 6 heteroatoms. The molecule has 5 nitrogen and oxygen atoms in total. The third-order valence-electron chi connectivity index (χ3n) is 2.38. The highest BCUT2D eigenvalue weighted by atomic mass is 32.2. The summed E-state index contributed by atoms with van der Waals surface area (Å²) < 4.78 is 22.2. The van der Waals surface area contributed by atoms with E-state index < -0.39 is 10.0 Å². The summed E-state index contributed by atoms with van der Waals surface area (Å²) in [7, 11) is -3.72. The molecule has 1 amide bonds. The third kappa shape index (κ3) is 2.59. The van der Waals surface area contributed by atoms with Gasteiger partial charge in [0.1, 0.15) is 0 Å². The first-order valence-electron chi connectivity index (χ1n) is 4.90. The van der Waals surface area contributed by atoms with Crippen molar-refractivity contribution in [3.8, 4) is 0 Å². The van der Waals surface area contributed by atoms with Gasteiger partial charge in [-0.15, -0.1) is 0 Å². The van der Waals surface area contributed by atoms with E-state index >= 15 is 0 Å². The van der Waals surface area contributed by atoms with Gasteiger partial charge in [0, 0.05) is 11.6 Å². The van der Waals surface area contributed by atoms with Gasteiger partial charge in [-0.1, -0.05) is 6.07 Å². The van der Waals surface area contributed by atoms with Gasteiger partial charge in [-0.3, -0.25) is 4.79 Å². The van der Waals surface area contributed by atoms with E-state index in [1.54, 1.807) is 12.1 Å². The van der Waals surface area contributed by atoms with Crippen LogP contribution >= 0.6 is 0 Å². The second-order valence-corrected chi connectivity index (χ2v) is 5.40. The summed E-state index contributed by atoms with van der Waals surface area (Å²) in [5.74, 6) is 0.0182. The second kappa shape index (κ2) is 3.88. The van der Waals surface area contributed by atoms with Gasteiger partial charge in [-0.05, 0) is 31.0 Å². The van der Waals surface area contributed by atoms with Crippen molar-refractivity contribution in [2.24, 2.45) is 11.1 Å². The summed E-state index contributed by atoms with van der Waals surface area (Å²) in [6, 6.07) is 5.93. The van der Waals surface area contributed by atoms with E-state index in [-0.39, 0.29) is 16.7 Å². The summed E-state index contributed by atoms with van der Waals surface area (Å²) in [5, 5.41) is 7.65. The van der Waals surface area contributed by atoms with Gasteiger partial charge in [0.2, 0.25) is 15.9 Å². The van der Waals surface area contributed by atoms with Crippen molar-refractivity contribution in [1.29, 1.82) is 0 Å². The molecule has 1 aromatic carbocycles. The number of hydrogen-bond acceptors (Lipinski definition) is 3. The van der Waals surface area contributed by atoms with Gasteiger partial charge in [0.05, 0.1) is 4.90 Å². The SMILES string of the molecule is NS(=O)(=O)c1cccc(NC(=O)C2CC2)c1. The van der Waals surface area contributed by atoms with E-state index in [9.17, 15) is 13.2 Å². The van der Waals surface area contributed by atoms with E-state index in [0.717, 1.165) is 12.8 Å². The maximum atomic E-state index is 11.4. The molecule has 86 valence electrons. The molecule has 1 aliphatic carbocycles. The number of sulfonamides is 1. The molecule has 0 heterocycles. The van der Waals surface area contributed by atoms with E-state index in [1.807, 2.05) is 0 Å². The Labute approximate surface area is 93.7 Å². The van der Waals surface area contributed by atoms with Gasteiger partial charge in [-0.2, -0.15) is 0 Å². The molecule has 0 radical (unpaired) electrons. The first-order chi connectivity index (χ1) is 7.47. The van der Waals surface area contributed by atoms with Gasteiger partial charge < -0.3 is 5.32 Å². The first-order valence-corrected chi connectivity index (χ1v) is 6.45. The molecule has 16 heavy (non-hydrogen) atoms. The maximum absolute atomic E-state index is 11.4. The minimum Gasteiger partial charge on any atom is -0.326 e. The molecule has 0 bridgehead atoms. The minimum absolute atomic E-state index is 0.00102. The number of carbonyl (C=O) groups excluding carboxylic acids is 1. The van der Waals surface area contributed by atoms with Crippen LogP contribution in [0.5, 0.6) is 0 Å². The smallest absolute Gasteiger partial charge is 0.238 e. The first kappa shape index (κ1) is 11.1. The molecular weight excluding hydrogens is 228 g/mol. The van der Waals surface area contributed by atoms with Crippen molar-refractivity contribution in [2.75, 3.05) is 5.32 Å². The van der Waals surface area contributed by atoms with Crippen LogP contribution in [-0.2, 0) is 14.8 Å². The summed E-state index contributed by atoms with van der Waals surface area (Å²) >= 11 is 0. The fourth-order valence-electron chi connectivity index (χ4n) is 1.34. The van der Waals surface area contributed by atoms with Crippen molar-refractivity contribution in [3.05, 3.63) is 24.3 Å². The molecule has 0 aromatic heterocycles. The van der Waals surface area contributed by atoms with E-state index in [0.29, 0.717) is 5.69 Å². The fourth-order valence-corrected chi connectivity index (χ4v) is 1.90. The Kier molecular flexibility index (Phi) is 2.69. The zero-order valence-corrected chi connectivity index (χ0v) is 9.33. The maximum Gasteiger partial charge on any atom is 0.238 e. The Morgan fingerprint density at radius 2 is 2.06 bits per heavy atom. The molecule has 0 unspecified atom stereocenters. The molecule has 0 atom stereocenters. The number of amides is 1. The normalized spacial score (nSPS) is 15.8. The van der Waals surface area contributed by atoms with Crippen molar-refractivity contribution in [3.63, 3.8) is 0 Å². The number of nitrogens with two attached hydrogens (primary N) is 1. The molecule has 2 rings (SSSR count). The Morgan fingerprint density at radius 1 is 1.38 bits per heavy atom. The minimum atomic E-state index is -3.72. The molecule has 3 N–H and O–H groups in total. The van der Waals surface area contributed by atoms with Gasteiger partial charge in [0.15, 0.2) is 0 Å². The van der Waals surface area contributed by atoms with Gasteiger partial charge in [-0.25, -0.2) is 13.6 Å². The molecule has 0 aliphatic heterocycles. The Balaban J connectivity index is 2.19. The topological polar surface area (TPSA) is 89.3 Å². The predicted octanol–water partition coefficient (Wildman–Crippen LogP) is 0.682. The van der Waals surface area contributed by atoms with Crippen molar-refractivity contribution in [2.45, 2.75) is 17.7 Å². The third-order valence-corrected chi connectivity index (χ3v) is 3.29. The van der Waals surface area contributed by atoms with E-state index in [4.69, 9.17) is 5.14 Å². The Bertz CT molecular complexity index is 521. The highest BCUT2D eigenvalue weighted by Crippen LogP contribution is 2.30. The molecule has 1 aliphatic rings. The number of rotatable bonds is 3. The standard InChI is InChI=1S/C10H12N2O3S/c11-16(14,15)9-3-1-2-8(6-9)12-10(13)7-4-5-7/h1-3,6-7H,4-5H2,(H,12,13)(H2,11,14,15). The highest BCUT2D eigenvalue weighted by Gasteiger charge is 2.29. The largest absolute Gasteiger partial charge is 0.326 e. The van der Waals surface area contributed by atoms with Crippen LogP contribution < -0.4 is 10.5 Å². The fraction of sp³-hybridized carbons (Fsp3) is 0.300. The van der Waals surface area contributed by atoms with Crippen LogP contribution in [0.4, 0.5) is 5.69 Å². The van der Waals surface area contributed by atoms with Crippen LogP contribution in [0, 0.1) is 5.92 Å². The Hall–Kier alpha value is -1.40. The lowest BCUT2D eigenvalue weighted by Gasteiger charge is -2.05. The lowest BCUT2D eigenvalue weighted by Crippen LogP contribution is -2.15. The van der Waals surface area contributed by atoms with Crippen LogP contribution in [0.1, 0.15) is 12.8 Å². The second-order valence-electron chi connectivity index (χ2n) is 3.84. The quantitative estimate of drug-likeness (QED) is 0.814. The monoisotopic (exact) mass is 240 g/mol. The summed E-state index contributed by atoms with van der Waals surface area (Å²) in [6.45, 7) is 0. The van der Waals surface area contributed by atoms with Crippen molar-refractivity contribution >= 4 is 21.6 Å². The number of primary sulfonamides is 1. The number of benzene rings is 1. The summed E-state index contributed by atoms with van der Waals surface area (Å²) in [4.78, 5) is 11.4. The number of carbonyl (C=O) groups is 1. The lowest BCUT2D eigenvalue weighted by atomic mass is 10.3. The highest BCUT2D eigenvalue weighted by molar-refractivity contribution is 7.89. The lowest BCUT2D eigenvalue weighted by molar-refractivity contribution is -0.117. The van der Waals surface area contributed by atoms with Crippen LogP contribution in [0.15, 0.2) is 29.2 Å². The van der Waals surface area contributed by atoms with Crippen LogP contribution in [-0.4, -0.2) is 14.3 Å². The van der Waals surface area contributed by atoms with Crippen LogP contribution in [0.2, 0.25) is 0 Å². The predicted molar refractivity (Wildman–Crippen MR) is 59.2 cm³/mol. The van der Waals surface area contributed by atoms with Crippen LogP contribution in [0.3, 0.4) is 0 Å². The molecule has 1 saturated carbocycles. The van der Waals surface area contributed by atoms with E-state index in [2.05, 4.69) is 5.32 Å². The molecule has 1 fully saturated rings. The molecular formula is C10H12N2O3S. The zero-order chi connectivity index (χ0) is 11.8. The Morgan fingerprint density at radius 3 is 2.62 bits per heavy atom. The molecule has 0 saturated heterocycles.